The van der Waals surface area contributed by atoms with Crippen molar-refractivity contribution in [3.63, 3.8) is 0 Å². The number of hydrogen-bond acceptors (Lipinski definition) is 3. The first-order valence-electron chi connectivity index (χ1n) is 7.32. The number of fused-ring (bicyclic) bond motifs is 1. The lowest BCUT2D eigenvalue weighted by Crippen LogP contribution is -2.35. The van der Waals surface area contributed by atoms with Crippen LogP contribution < -0.4 is 11.1 Å². The molecule has 0 fully saturated rings. The van der Waals surface area contributed by atoms with Crippen molar-refractivity contribution in [3.05, 3.63) is 53.6 Å². The minimum Gasteiger partial charge on any atom is -0.352 e. The molecule has 0 spiro atoms. The van der Waals surface area contributed by atoms with Gasteiger partial charge in [-0.25, -0.2) is 4.98 Å². The maximum Gasteiger partial charge on any atom is 0.223 e. The number of benzene rings is 1. The first kappa shape index (κ1) is 13.8. The Labute approximate surface area is 124 Å². The molecule has 3 N–H and O–H groups in total. The van der Waals surface area contributed by atoms with Gasteiger partial charge in [0.05, 0.1) is 0 Å². The first-order chi connectivity index (χ1) is 10.3. The van der Waals surface area contributed by atoms with Crippen LogP contribution in [-0.2, 0) is 30.8 Å². The molecule has 1 amide bonds. The molecule has 1 aliphatic heterocycles. The van der Waals surface area contributed by atoms with Gasteiger partial charge in [-0.15, -0.1) is 0 Å². The third-order valence-corrected chi connectivity index (χ3v) is 4.01. The second kappa shape index (κ2) is 6.10. The third-order valence-electron chi connectivity index (χ3n) is 4.01. The zero-order valence-electron chi connectivity index (χ0n) is 12.0. The van der Waals surface area contributed by atoms with Crippen LogP contribution in [0.4, 0.5) is 0 Å². The SMILES string of the molecule is NCc1cccc(CNC(=O)C2CCn3ccnc3C2)c1. The Balaban J connectivity index is 1.57. The molecule has 110 valence electrons. The number of carbonyl (C=O) groups excluding carboxylic acids is 1. The van der Waals surface area contributed by atoms with Crippen molar-refractivity contribution in [1.82, 2.24) is 14.9 Å². The van der Waals surface area contributed by atoms with E-state index in [1.54, 1.807) is 6.20 Å². The summed E-state index contributed by atoms with van der Waals surface area (Å²) >= 11 is 0. The predicted octanol–water partition coefficient (Wildman–Crippen LogP) is 1.22. The van der Waals surface area contributed by atoms with Crippen LogP contribution in [0.15, 0.2) is 36.7 Å². The zero-order valence-corrected chi connectivity index (χ0v) is 12.0. The van der Waals surface area contributed by atoms with Gasteiger partial charge in [-0.2, -0.15) is 0 Å². The summed E-state index contributed by atoms with van der Waals surface area (Å²) in [6.45, 7) is 1.95. The molecule has 1 atom stereocenters. The molecule has 0 saturated heterocycles. The average Bonchev–Trinajstić information content (AvgIpc) is 3.00. The molecule has 5 nitrogen and oxygen atoms in total. The molecule has 1 unspecified atom stereocenters. The van der Waals surface area contributed by atoms with Gasteiger partial charge < -0.3 is 15.6 Å². The summed E-state index contributed by atoms with van der Waals surface area (Å²) in [5.74, 6) is 1.14. The Morgan fingerprint density at radius 1 is 1.43 bits per heavy atom. The van der Waals surface area contributed by atoms with Crippen LogP contribution in [0.5, 0.6) is 0 Å². The van der Waals surface area contributed by atoms with Crippen LogP contribution in [0, 0.1) is 5.92 Å². The Morgan fingerprint density at radius 2 is 2.29 bits per heavy atom. The molecule has 1 aromatic heterocycles. The van der Waals surface area contributed by atoms with Gasteiger partial charge in [0, 0.05) is 44.4 Å². The van der Waals surface area contributed by atoms with Crippen molar-refractivity contribution >= 4 is 5.91 Å². The monoisotopic (exact) mass is 284 g/mol. The maximum absolute atomic E-state index is 12.3. The van der Waals surface area contributed by atoms with E-state index in [1.807, 2.05) is 30.5 Å². The topological polar surface area (TPSA) is 72.9 Å². The number of amides is 1. The summed E-state index contributed by atoms with van der Waals surface area (Å²) in [5, 5.41) is 3.03. The zero-order chi connectivity index (χ0) is 14.7. The van der Waals surface area contributed by atoms with Gasteiger partial charge in [0.15, 0.2) is 0 Å². The van der Waals surface area contributed by atoms with E-state index in [-0.39, 0.29) is 11.8 Å². The number of nitrogens with zero attached hydrogens (tertiary/aromatic N) is 2. The molecule has 2 aromatic rings. The van der Waals surface area contributed by atoms with Crippen molar-refractivity contribution in [2.75, 3.05) is 0 Å². The summed E-state index contributed by atoms with van der Waals surface area (Å²) in [6, 6.07) is 8.01. The highest BCUT2D eigenvalue weighted by Crippen LogP contribution is 2.19. The van der Waals surface area contributed by atoms with Crippen LogP contribution in [0.3, 0.4) is 0 Å². The van der Waals surface area contributed by atoms with Crippen molar-refractivity contribution in [1.29, 1.82) is 0 Å². The molecular weight excluding hydrogens is 264 g/mol. The van der Waals surface area contributed by atoms with Crippen molar-refractivity contribution in [2.24, 2.45) is 11.7 Å². The Bertz CT molecular complexity index is 635. The molecule has 0 bridgehead atoms. The number of carbonyl (C=O) groups is 1. The lowest BCUT2D eigenvalue weighted by atomic mass is 9.97. The van der Waals surface area contributed by atoms with E-state index < -0.39 is 0 Å². The molecular formula is C16H20N4O. The highest BCUT2D eigenvalue weighted by atomic mass is 16.1. The Morgan fingerprint density at radius 3 is 3.14 bits per heavy atom. The number of aromatic nitrogens is 2. The first-order valence-corrected chi connectivity index (χ1v) is 7.32. The van der Waals surface area contributed by atoms with Gasteiger partial charge in [-0.1, -0.05) is 24.3 Å². The molecule has 1 aliphatic rings. The standard InChI is InChI=1S/C16H20N4O/c17-10-12-2-1-3-13(8-12)11-19-16(21)14-4-6-20-7-5-18-15(20)9-14/h1-3,5,7-8,14H,4,6,9-11,17H2,(H,19,21). The van der Waals surface area contributed by atoms with Crippen molar-refractivity contribution < 1.29 is 4.79 Å². The molecule has 0 aliphatic carbocycles. The van der Waals surface area contributed by atoms with Crippen molar-refractivity contribution in [3.8, 4) is 0 Å². The quantitative estimate of drug-likeness (QED) is 0.886. The Hall–Kier alpha value is -2.14. The van der Waals surface area contributed by atoms with E-state index in [0.717, 1.165) is 36.3 Å². The summed E-state index contributed by atoms with van der Waals surface area (Å²) in [4.78, 5) is 16.6. The van der Waals surface area contributed by atoms with Crippen LogP contribution in [0.2, 0.25) is 0 Å². The van der Waals surface area contributed by atoms with Gasteiger partial charge in [0.2, 0.25) is 5.91 Å². The predicted molar refractivity (Wildman–Crippen MR) is 80.2 cm³/mol. The fourth-order valence-corrected chi connectivity index (χ4v) is 2.77. The van der Waals surface area contributed by atoms with E-state index in [2.05, 4.69) is 14.9 Å². The smallest absolute Gasteiger partial charge is 0.223 e. The molecule has 21 heavy (non-hydrogen) atoms. The van der Waals surface area contributed by atoms with Gasteiger partial charge in [-0.05, 0) is 17.5 Å². The second-order valence-corrected chi connectivity index (χ2v) is 5.47. The van der Waals surface area contributed by atoms with E-state index in [4.69, 9.17) is 5.73 Å². The van der Waals surface area contributed by atoms with E-state index >= 15 is 0 Å². The van der Waals surface area contributed by atoms with Gasteiger partial charge in [0.25, 0.3) is 0 Å². The molecule has 1 aromatic carbocycles. The van der Waals surface area contributed by atoms with Crippen molar-refractivity contribution in [2.45, 2.75) is 32.5 Å². The second-order valence-electron chi connectivity index (χ2n) is 5.47. The highest BCUT2D eigenvalue weighted by Gasteiger charge is 2.24. The highest BCUT2D eigenvalue weighted by molar-refractivity contribution is 5.78. The lowest BCUT2D eigenvalue weighted by Gasteiger charge is -2.22. The van der Waals surface area contributed by atoms with Gasteiger partial charge >= 0.3 is 0 Å². The molecule has 5 heteroatoms. The summed E-state index contributed by atoms with van der Waals surface area (Å²) in [7, 11) is 0. The normalized spacial score (nSPS) is 17.3. The number of imidazole rings is 1. The largest absolute Gasteiger partial charge is 0.352 e. The number of hydrogen-bond donors (Lipinski definition) is 2. The fourth-order valence-electron chi connectivity index (χ4n) is 2.77. The summed E-state index contributed by atoms with van der Waals surface area (Å²) in [5.41, 5.74) is 7.80. The Kier molecular flexibility index (Phi) is 4.01. The summed E-state index contributed by atoms with van der Waals surface area (Å²) < 4.78 is 2.12. The lowest BCUT2D eigenvalue weighted by molar-refractivity contribution is -0.125. The van der Waals surface area contributed by atoms with Crippen LogP contribution in [-0.4, -0.2) is 15.5 Å². The fraction of sp³-hybridized carbons (Fsp3) is 0.375. The minimum absolute atomic E-state index is 0.0255. The van der Waals surface area contributed by atoms with Gasteiger partial charge in [0.1, 0.15) is 5.82 Å². The number of aryl methyl sites for hydroxylation is 1. The molecule has 2 heterocycles. The van der Waals surface area contributed by atoms with Crippen LogP contribution in [0.1, 0.15) is 23.4 Å². The van der Waals surface area contributed by atoms with Gasteiger partial charge in [-0.3, -0.25) is 4.79 Å². The third kappa shape index (κ3) is 3.13. The van der Waals surface area contributed by atoms with Crippen LogP contribution in [0.25, 0.3) is 0 Å². The number of rotatable bonds is 4. The minimum atomic E-state index is 0.0255. The maximum atomic E-state index is 12.3. The summed E-state index contributed by atoms with van der Waals surface area (Å²) in [6.07, 6.45) is 5.37. The average molecular weight is 284 g/mol. The number of nitrogens with one attached hydrogen (secondary N) is 1. The van der Waals surface area contributed by atoms with Crippen LogP contribution >= 0.6 is 0 Å². The van der Waals surface area contributed by atoms with E-state index in [9.17, 15) is 4.79 Å². The molecule has 3 rings (SSSR count). The number of nitrogens with two attached hydrogens (primary N) is 1. The molecule has 0 saturated carbocycles. The molecule has 0 radical (unpaired) electrons. The van der Waals surface area contributed by atoms with E-state index in [0.29, 0.717) is 13.1 Å². The van der Waals surface area contributed by atoms with E-state index in [1.165, 1.54) is 0 Å².